The van der Waals surface area contributed by atoms with E-state index >= 15 is 0 Å². The SMILES string of the molecule is CCn1ncc(-c2cc(C(F)(F)F)nc(NCc3ccc(F)cc3)n2)c1C. The molecule has 1 N–H and O–H groups in total. The Hall–Kier alpha value is -2.97. The maximum Gasteiger partial charge on any atom is 0.433 e. The number of aryl methyl sites for hydroxylation is 1. The van der Waals surface area contributed by atoms with Gasteiger partial charge < -0.3 is 5.32 Å². The summed E-state index contributed by atoms with van der Waals surface area (Å²) < 4.78 is 54.4. The van der Waals surface area contributed by atoms with Crippen molar-refractivity contribution in [1.82, 2.24) is 19.7 Å². The van der Waals surface area contributed by atoms with E-state index in [1.54, 1.807) is 11.6 Å². The van der Waals surface area contributed by atoms with Gasteiger partial charge in [-0.1, -0.05) is 12.1 Å². The zero-order chi connectivity index (χ0) is 19.6. The van der Waals surface area contributed by atoms with Crippen LogP contribution in [0.1, 0.15) is 23.9 Å². The van der Waals surface area contributed by atoms with Gasteiger partial charge in [0.1, 0.15) is 5.82 Å². The van der Waals surface area contributed by atoms with Gasteiger partial charge >= 0.3 is 6.18 Å². The largest absolute Gasteiger partial charge is 0.433 e. The van der Waals surface area contributed by atoms with E-state index in [1.807, 2.05) is 6.92 Å². The molecule has 0 atom stereocenters. The van der Waals surface area contributed by atoms with Gasteiger partial charge in [-0.15, -0.1) is 0 Å². The standard InChI is InChI=1S/C18H17F4N5/c1-3-27-11(2)14(10-24-27)15-8-16(18(20,21)22)26-17(25-15)23-9-12-4-6-13(19)7-5-12/h4-8,10H,3,9H2,1-2H3,(H,23,25,26). The molecule has 0 radical (unpaired) electrons. The van der Waals surface area contributed by atoms with E-state index in [2.05, 4.69) is 20.4 Å². The first-order valence-corrected chi connectivity index (χ1v) is 8.25. The third-order valence-corrected chi connectivity index (χ3v) is 4.06. The van der Waals surface area contributed by atoms with Crippen molar-refractivity contribution in [2.45, 2.75) is 33.1 Å². The zero-order valence-electron chi connectivity index (χ0n) is 14.7. The summed E-state index contributed by atoms with van der Waals surface area (Å²) in [5, 5.41) is 6.92. The predicted octanol–water partition coefficient (Wildman–Crippen LogP) is 4.44. The molecule has 2 aromatic heterocycles. The fourth-order valence-corrected chi connectivity index (χ4v) is 2.61. The van der Waals surface area contributed by atoms with Gasteiger partial charge in [-0.3, -0.25) is 4.68 Å². The monoisotopic (exact) mass is 379 g/mol. The molecule has 1 aromatic carbocycles. The van der Waals surface area contributed by atoms with Crippen LogP contribution < -0.4 is 5.32 Å². The molecule has 0 aliphatic carbocycles. The Bertz CT molecular complexity index is 932. The van der Waals surface area contributed by atoms with E-state index in [-0.39, 0.29) is 24.0 Å². The Balaban J connectivity index is 1.95. The molecule has 3 aromatic rings. The molecule has 0 aliphatic rings. The first-order chi connectivity index (χ1) is 12.8. The first kappa shape index (κ1) is 18.8. The minimum Gasteiger partial charge on any atom is -0.350 e. The molecule has 0 fully saturated rings. The van der Waals surface area contributed by atoms with Gasteiger partial charge in [0.2, 0.25) is 5.95 Å². The smallest absolute Gasteiger partial charge is 0.350 e. The van der Waals surface area contributed by atoms with Crippen molar-refractivity contribution >= 4 is 5.95 Å². The molecule has 0 unspecified atom stereocenters. The highest BCUT2D eigenvalue weighted by Crippen LogP contribution is 2.32. The molecule has 3 rings (SSSR count). The number of alkyl halides is 3. The number of benzene rings is 1. The second-order valence-corrected chi connectivity index (χ2v) is 5.90. The quantitative estimate of drug-likeness (QED) is 0.666. The number of hydrogen-bond donors (Lipinski definition) is 1. The van der Waals surface area contributed by atoms with E-state index in [4.69, 9.17) is 0 Å². The van der Waals surface area contributed by atoms with E-state index in [0.717, 1.165) is 6.07 Å². The first-order valence-electron chi connectivity index (χ1n) is 8.25. The molecular weight excluding hydrogens is 362 g/mol. The Labute approximate surface area is 153 Å². The number of nitrogens with one attached hydrogen (secondary N) is 1. The summed E-state index contributed by atoms with van der Waals surface area (Å²) >= 11 is 0. The summed E-state index contributed by atoms with van der Waals surface area (Å²) in [5.41, 5.74) is 1.01. The number of hydrogen-bond acceptors (Lipinski definition) is 4. The number of rotatable bonds is 5. The highest BCUT2D eigenvalue weighted by molar-refractivity contribution is 5.63. The zero-order valence-corrected chi connectivity index (χ0v) is 14.7. The van der Waals surface area contributed by atoms with E-state index < -0.39 is 11.9 Å². The maximum atomic E-state index is 13.3. The second-order valence-electron chi connectivity index (χ2n) is 5.90. The van der Waals surface area contributed by atoms with Crippen LogP contribution in [0, 0.1) is 12.7 Å². The molecule has 27 heavy (non-hydrogen) atoms. The third kappa shape index (κ3) is 4.24. The van der Waals surface area contributed by atoms with Crippen LogP contribution in [0.15, 0.2) is 36.5 Å². The van der Waals surface area contributed by atoms with Crippen LogP contribution in [0.4, 0.5) is 23.5 Å². The number of aromatic nitrogens is 4. The van der Waals surface area contributed by atoms with Gasteiger partial charge in [0.05, 0.1) is 11.9 Å². The van der Waals surface area contributed by atoms with Crippen molar-refractivity contribution in [1.29, 1.82) is 0 Å². The van der Waals surface area contributed by atoms with Crippen LogP contribution in [0.5, 0.6) is 0 Å². The van der Waals surface area contributed by atoms with Gasteiger partial charge in [-0.25, -0.2) is 14.4 Å². The van der Waals surface area contributed by atoms with Crippen molar-refractivity contribution in [3.63, 3.8) is 0 Å². The highest BCUT2D eigenvalue weighted by atomic mass is 19.4. The van der Waals surface area contributed by atoms with Crippen molar-refractivity contribution in [3.8, 4) is 11.3 Å². The van der Waals surface area contributed by atoms with Gasteiger partial charge in [0.15, 0.2) is 5.69 Å². The normalized spacial score (nSPS) is 11.6. The summed E-state index contributed by atoms with van der Waals surface area (Å²) in [6.45, 7) is 4.42. The Morgan fingerprint density at radius 1 is 1.11 bits per heavy atom. The Morgan fingerprint density at radius 2 is 1.81 bits per heavy atom. The van der Waals surface area contributed by atoms with E-state index in [0.29, 0.717) is 23.4 Å². The van der Waals surface area contributed by atoms with Crippen LogP contribution in [0.3, 0.4) is 0 Å². The lowest BCUT2D eigenvalue weighted by molar-refractivity contribution is -0.141. The molecule has 0 saturated carbocycles. The Morgan fingerprint density at radius 3 is 2.41 bits per heavy atom. The van der Waals surface area contributed by atoms with Crippen molar-refractivity contribution < 1.29 is 17.6 Å². The van der Waals surface area contributed by atoms with Crippen molar-refractivity contribution in [2.24, 2.45) is 0 Å². The fourth-order valence-electron chi connectivity index (χ4n) is 2.61. The molecule has 5 nitrogen and oxygen atoms in total. The van der Waals surface area contributed by atoms with Gasteiger partial charge in [-0.05, 0) is 37.6 Å². The van der Waals surface area contributed by atoms with Crippen LogP contribution in [0.25, 0.3) is 11.3 Å². The van der Waals surface area contributed by atoms with Crippen LogP contribution in [-0.4, -0.2) is 19.7 Å². The van der Waals surface area contributed by atoms with Crippen LogP contribution in [-0.2, 0) is 19.3 Å². The number of anilines is 1. The van der Waals surface area contributed by atoms with Crippen molar-refractivity contribution in [2.75, 3.05) is 5.32 Å². The molecule has 0 bridgehead atoms. The minimum atomic E-state index is -4.61. The molecule has 0 saturated heterocycles. The number of halogens is 4. The third-order valence-electron chi connectivity index (χ3n) is 4.06. The summed E-state index contributed by atoms with van der Waals surface area (Å²) in [6.07, 6.45) is -3.12. The lowest BCUT2D eigenvalue weighted by atomic mass is 10.1. The Kier molecular flexibility index (Phi) is 5.11. The lowest BCUT2D eigenvalue weighted by Crippen LogP contribution is -2.13. The van der Waals surface area contributed by atoms with Crippen LogP contribution in [0.2, 0.25) is 0 Å². The summed E-state index contributed by atoms with van der Waals surface area (Å²) in [5.74, 6) is -0.549. The summed E-state index contributed by atoms with van der Waals surface area (Å²) in [7, 11) is 0. The van der Waals surface area contributed by atoms with Gasteiger partial charge in [0, 0.05) is 24.3 Å². The second kappa shape index (κ2) is 7.34. The molecule has 0 spiro atoms. The van der Waals surface area contributed by atoms with E-state index in [1.165, 1.54) is 30.5 Å². The predicted molar refractivity (Wildman–Crippen MR) is 92.4 cm³/mol. The topological polar surface area (TPSA) is 55.6 Å². The molecule has 142 valence electrons. The average molecular weight is 379 g/mol. The van der Waals surface area contributed by atoms with E-state index in [9.17, 15) is 17.6 Å². The van der Waals surface area contributed by atoms with Crippen molar-refractivity contribution in [3.05, 3.63) is 59.3 Å². The van der Waals surface area contributed by atoms with Gasteiger partial charge in [0.25, 0.3) is 0 Å². The molecular formula is C18H17F4N5. The molecule has 0 aliphatic heterocycles. The summed E-state index contributed by atoms with van der Waals surface area (Å²) in [4.78, 5) is 7.78. The molecule has 2 heterocycles. The minimum absolute atomic E-state index is 0.135. The van der Waals surface area contributed by atoms with Crippen LogP contribution >= 0.6 is 0 Å². The fraction of sp³-hybridized carbons (Fsp3) is 0.278. The number of nitrogens with zero attached hydrogens (tertiary/aromatic N) is 4. The molecule has 0 amide bonds. The average Bonchev–Trinajstić information content (AvgIpc) is 3.01. The van der Waals surface area contributed by atoms with Gasteiger partial charge in [-0.2, -0.15) is 18.3 Å². The lowest BCUT2D eigenvalue weighted by Gasteiger charge is -2.12. The molecule has 9 heteroatoms. The maximum absolute atomic E-state index is 13.3. The highest BCUT2D eigenvalue weighted by Gasteiger charge is 2.34. The summed E-state index contributed by atoms with van der Waals surface area (Å²) in [6, 6.07) is 6.53.